The van der Waals surface area contributed by atoms with Crippen molar-refractivity contribution in [3.63, 3.8) is 0 Å². The zero-order valence-corrected chi connectivity index (χ0v) is 36.1. The number of likely N-dealkylation sites (N-methyl/N-ethyl adjacent to an activating group) is 1. The molecule has 2 heterocycles. The third-order valence-corrected chi connectivity index (χ3v) is 12.5. The first-order valence-electron chi connectivity index (χ1n) is 20.7. The number of nitrogens with zero attached hydrogens (tertiary/aromatic N) is 3. The molecule has 1 aliphatic heterocycles. The van der Waals surface area contributed by atoms with E-state index in [1.54, 1.807) is 36.6 Å². The van der Waals surface area contributed by atoms with Crippen LogP contribution in [0.5, 0.6) is 5.75 Å². The molecule has 0 aliphatic carbocycles. The summed E-state index contributed by atoms with van der Waals surface area (Å²) in [5, 5.41) is 24.6. The molecular weight excluding hydrogens is 757 g/mol. The summed E-state index contributed by atoms with van der Waals surface area (Å²) in [5.41, 5.74) is 1.98. The Bertz CT molecular complexity index is 1750. The number of likely N-dealkylation sites (tertiary alicyclic amines) is 1. The van der Waals surface area contributed by atoms with Gasteiger partial charge in [-0.3, -0.25) is 24.1 Å². The van der Waals surface area contributed by atoms with Crippen LogP contribution in [0.3, 0.4) is 0 Å². The van der Waals surface area contributed by atoms with Crippen molar-refractivity contribution >= 4 is 34.9 Å². The first-order valence-corrected chi connectivity index (χ1v) is 21.5. The van der Waals surface area contributed by atoms with E-state index in [-0.39, 0.29) is 66.7 Å². The van der Waals surface area contributed by atoms with Crippen molar-refractivity contribution in [2.24, 2.45) is 23.7 Å². The third-order valence-electron chi connectivity index (χ3n) is 11.5. The van der Waals surface area contributed by atoms with Crippen molar-refractivity contribution < 1.29 is 38.9 Å². The van der Waals surface area contributed by atoms with E-state index in [9.17, 15) is 24.6 Å². The molecule has 7 unspecified atom stereocenters. The molecule has 1 aromatic heterocycles. The van der Waals surface area contributed by atoms with Crippen LogP contribution in [0.4, 0.5) is 0 Å². The van der Waals surface area contributed by atoms with E-state index >= 15 is 4.79 Å². The van der Waals surface area contributed by atoms with Gasteiger partial charge < -0.3 is 29.9 Å². The molecule has 2 aromatic carbocycles. The van der Waals surface area contributed by atoms with E-state index in [4.69, 9.17) is 14.5 Å². The Balaban J connectivity index is 1.63. The SMILES string of the molecule is CCC(C)C(CC(=O)C1CCCCN1C)C(=O)N(Cc1ccccc1)C(CC(OCOC)c1nc(C(=O)NC(Cc2ccc(O)cc2)CC(C)C(=O)O)cs1)C(C)C. The largest absolute Gasteiger partial charge is 0.508 e. The molecule has 0 radical (unpaired) electrons. The number of carbonyl (C=O) groups is 4. The number of carboxylic acid groups (broad SMARTS) is 1. The molecule has 12 nitrogen and oxygen atoms in total. The van der Waals surface area contributed by atoms with Gasteiger partial charge in [-0.1, -0.05) is 89.9 Å². The van der Waals surface area contributed by atoms with Gasteiger partial charge >= 0.3 is 5.97 Å². The fraction of sp³-hybridized carbons (Fsp3) is 0.578. The molecule has 7 atom stereocenters. The number of Topliss-reactive ketones (excluding diaryl/α,β-unsaturated/α-hetero) is 1. The van der Waals surface area contributed by atoms with Crippen molar-refractivity contribution in [2.75, 3.05) is 27.5 Å². The highest BCUT2D eigenvalue weighted by Gasteiger charge is 2.39. The molecule has 1 aliphatic rings. The van der Waals surface area contributed by atoms with Gasteiger partial charge in [0.2, 0.25) is 5.91 Å². The van der Waals surface area contributed by atoms with Gasteiger partial charge in [0, 0.05) is 49.9 Å². The summed E-state index contributed by atoms with van der Waals surface area (Å²) in [7, 11) is 3.54. The smallest absolute Gasteiger partial charge is 0.306 e. The number of carbonyl (C=O) groups excluding carboxylic acids is 3. The van der Waals surface area contributed by atoms with Gasteiger partial charge in [0.25, 0.3) is 5.91 Å². The van der Waals surface area contributed by atoms with Gasteiger partial charge in [-0.25, -0.2) is 4.98 Å². The number of carboxylic acids is 1. The third kappa shape index (κ3) is 13.4. The number of nitrogens with one attached hydrogen (secondary N) is 1. The average molecular weight is 821 g/mol. The van der Waals surface area contributed by atoms with Gasteiger partial charge in [-0.2, -0.15) is 0 Å². The van der Waals surface area contributed by atoms with E-state index in [0.29, 0.717) is 24.4 Å². The van der Waals surface area contributed by atoms with Crippen LogP contribution in [0.25, 0.3) is 0 Å². The Labute approximate surface area is 348 Å². The molecule has 13 heteroatoms. The monoisotopic (exact) mass is 820 g/mol. The molecule has 1 fully saturated rings. The number of aromatic hydroxyl groups is 1. The molecule has 3 aromatic rings. The molecular formula is C45H64N4O8S. The van der Waals surface area contributed by atoms with Crippen LogP contribution in [0.2, 0.25) is 0 Å². The van der Waals surface area contributed by atoms with E-state index < -0.39 is 35.9 Å². The molecule has 3 N–H and O–H groups in total. The molecule has 0 bridgehead atoms. The van der Waals surface area contributed by atoms with E-state index in [2.05, 4.69) is 37.9 Å². The minimum atomic E-state index is -0.961. The predicted molar refractivity (Wildman–Crippen MR) is 225 cm³/mol. The van der Waals surface area contributed by atoms with Crippen molar-refractivity contribution in [3.05, 3.63) is 81.8 Å². The summed E-state index contributed by atoms with van der Waals surface area (Å²) in [6, 6.07) is 15.5. The predicted octanol–water partition coefficient (Wildman–Crippen LogP) is 7.51. The lowest BCUT2D eigenvalue weighted by Crippen LogP contribution is -2.49. The lowest BCUT2D eigenvalue weighted by molar-refractivity contribution is -0.146. The normalized spacial score (nSPS) is 17.8. The topological polar surface area (TPSA) is 159 Å². The number of hydrogen-bond donors (Lipinski definition) is 3. The minimum Gasteiger partial charge on any atom is -0.508 e. The van der Waals surface area contributed by atoms with Crippen LogP contribution in [-0.2, 0) is 36.8 Å². The highest BCUT2D eigenvalue weighted by Crippen LogP contribution is 2.34. The summed E-state index contributed by atoms with van der Waals surface area (Å²) in [4.78, 5) is 63.3. The van der Waals surface area contributed by atoms with Crippen LogP contribution in [0.15, 0.2) is 60.0 Å². The van der Waals surface area contributed by atoms with E-state index in [0.717, 1.165) is 43.4 Å². The second kappa shape index (κ2) is 22.8. The maximum absolute atomic E-state index is 15.1. The first-order chi connectivity index (χ1) is 27.7. The van der Waals surface area contributed by atoms with Gasteiger partial charge in [0.05, 0.1) is 12.0 Å². The Hall–Kier alpha value is -4.17. The van der Waals surface area contributed by atoms with Crippen LogP contribution in [0.1, 0.15) is 112 Å². The van der Waals surface area contributed by atoms with E-state index in [1.807, 2.05) is 42.3 Å². The summed E-state index contributed by atoms with van der Waals surface area (Å²) < 4.78 is 11.6. The van der Waals surface area contributed by atoms with E-state index in [1.165, 1.54) is 18.4 Å². The Morgan fingerprint density at radius 2 is 1.71 bits per heavy atom. The molecule has 4 rings (SSSR count). The summed E-state index contributed by atoms with van der Waals surface area (Å²) in [6.07, 6.45) is 4.11. The second-order valence-corrected chi connectivity index (χ2v) is 17.2. The fourth-order valence-corrected chi connectivity index (χ4v) is 8.67. The minimum absolute atomic E-state index is 0.0151. The first kappa shape index (κ1) is 46.5. The molecule has 58 heavy (non-hydrogen) atoms. The van der Waals surface area contributed by atoms with Gasteiger partial charge in [0.1, 0.15) is 29.3 Å². The molecule has 0 saturated carbocycles. The number of ketones is 1. The standard InChI is InChI=1S/C45H64N4O8S/c1-8-30(4)36(24-40(51)38-16-12-13-21-48(38)6)44(53)49(26-33-14-10-9-11-15-33)39(29(2)3)25-41(57-28-56-7)43-47-37(27-58-43)42(52)46-34(22-31(5)45(54)55)23-32-17-19-35(50)20-18-32/h9-11,14-15,17-20,27,29-31,34,36,38-39,41,50H,8,12-13,16,21-26,28H2,1-7H3,(H,46,52)(H,54,55). The van der Waals surface area contributed by atoms with Crippen molar-refractivity contribution in [1.82, 2.24) is 20.1 Å². The van der Waals surface area contributed by atoms with Crippen LogP contribution >= 0.6 is 11.3 Å². The lowest BCUT2D eigenvalue weighted by atomic mass is 9.82. The zero-order chi connectivity index (χ0) is 42.4. The second-order valence-electron chi connectivity index (χ2n) is 16.3. The van der Waals surface area contributed by atoms with Crippen molar-refractivity contribution in [2.45, 2.75) is 117 Å². The van der Waals surface area contributed by atoms with Crippen LogP contribution in [-0.4, -0.2) is 94.2 Å². The molecule has 1 saturated heterocycles. The number of aromatic nitrogens is 1. The summed E-state index contributed by atoms with van der Waals surface area (Å²) in [6.45, 7) is 11.1. The van der Waals surface area contributed by atoms with Gasteiger partial charge in [-0.15, -0.1) is 11.3 Å². The quantitative estimate of drug-likeness (QED) is 0.0818. The number of amides is 2. The molecule has 318 valence electrons. The lowest BCUT2D eigenvalue weighted by Gasteiger charge is -2.40. The molecule has 2 amide bonds. The zero-order valence-electron chi connectivity index (χ0n) is 35.3. The van der Waals surface area contributed by atoms with Gasteiger partial charge in [-0.05, 0) is 74.4 Å². The maximum Gasteiger partial charge on any atom is 0.306 e. The van der Waals surface area contributed by atoms with Crippen LogP contribution < -0.4 is 5.32 Å². The van der Waals surface area contributed by atoms with Gasteiger partial charge in [0.15, 0.2) is 5.78 Å². The molecule has 0 spiro atoms. The summed E-state index contributed by atoms with van der Waals surface area (Å²) in [5.74, 6) is -2.46. The number of phenolic OH excluding ortho intramolecular Hbond substituents is 1. The Morgan fingerprint density at radius 1 is 1.00 bits per heavy atom. The highest BCUT2D eigenvalue weighted by atomic mass is 32.1. The number of benzene rings is 2. The number of rotatable bonds is 23. The number of thiazole rings is 1. The number of phenols is 1. The summed E-state index contributed by atoms with van der Waals surface area (Å²) >= 11 is 1.28. The maximum atomic E-state index is 15.1. The Morgan fingerprint density at radius 3 is 2.33 bits per heavy atom. The Kier molecular flexibility index (Phi) is 18.3. The number of ether oxygens (including phenoxy) is 2. The fourth-order valence-electron chi connectivity index (χ4n) is 7.81. The average Bonchev–Trinajstić information content (AvgIpc) is 3.70. The van der Waals surface area contributed by atoms with Crippen molar-refractivity contribution in [1.29, 1.82) is 0 Å². The highest BCUT2D eigenvalue weighted by molar-refractivity contribution is 7.09. The van der Waals surface area contributed by atoms with Crippen LogP contribution in [0, 0.1) is 23.7 Å². The number of piperidine rings is 1. The number of methoxy groups -OCH3 is 1. The number of hydrogen-bond acceptors (Lipinski definition) is 10. The van der Waals surface area contributed by atoms with Crippen molar-refractivity contribution in [3.8, 4) is 5.75 Å². The number of aliphatic carboxylic acids is 1.